The molecule has 1 aromatic heterocycles. The first-order valence-corrected chi connectivity index (χ1v) is 6.06. The summed E-state index contributed by atoms with van der Waals surface area (Å²) in [6, 6.07) is 0. The van der Waals surface area contributed by atoms with Crippen LogP contribution in [0.3, 0.4) is 0 Å². The van der Waals surface area contributed by atoms with Gasteiger partial charge in [0.25, 0.3) is 0 Å². The molecule has 3 nitrogen and oxygen atoms in total. The molecule has 1 aliphatic carbocycles. The highest BCUT2D eigenvalue weighted by atomic mass is 79.9. The van der Waals surface area contributed by atoms with E-state index in [9.17, 15) is 0 Å². The summed E-state index contributed by atoms with van der Waals surface area (Å²) in [5, 5.41) is 1.03. The standard InChI is InChI=1S/C8H12BrN3S/c1-12(8-10-5-11-13-8)4-6-2-7(9)3-6/h5-7H,2-4H2,1H3. The van der Waals surface area contributed by atoms with Gasteiger partial charge in [-0.1, -0.05) is 15.9 Å². The highest BCUT2D eigenvalue weighted by Gasteiger charge is 2.28. The minimum absolute atomic E-state index is 0.750. The molecular formula is C8H12BrN3S. The van der Waals surface area contributed by atoms with Crippen LogP contribution < -0.4 is 4.90 Å². The number of rotatable bonds is 3. The zero-order chi connectivity index (χ0) is 9.26. The van der Waals surface area contributed by atoms with Crippen LogP contribution in [0.25, 0.3) is 0 Å². The van der Waals surface area contributed by atoms with Crippen molar-refractivity contribution in [3.8, 4) is 0 Å². The van der Waals surface area contributed by atoms with Gasteiger partial charge in [0.1, 0.15) is 6.33 Å². The lowest BCUT2D eigenvalue weighted by molar-refractivity contribution is 0.339. The number of aromatic nitrogens is 2. The topological polar surface area (TPSA) is 29.0 Å². The molecule has 0 atom stereocenters. The molecule has 13 heavy (non-hydrogen) atoms. The summed E-state index contributed by atoms with van der Waals surface area (Å²) >= 11 is 5.06. The number of alkyl halides is 1. The van der Waals surface area contributed by atoms with Crippen molar-refractivity contribution in [3.63, 3.8) is 0 Å². The number of hydrogen-bond donors (Lipinski definition) is 0. The van der Waals surface area contributed by atoms with E-state index in [1.807, 2.05) is 0 Å². The molecule has 2 rings (SSSR count). The molecule has 0 N–H and O–H groups in total. The third-order valence-electron chi connectivity index (χ3n) is 2.39. The Morgan fingerprint density at radius 1 is 1.69 bits per heavy atom. The lowest BCUT2D eigenvalue weighted by Gasteiger charge is -2.34. The quantitative estimate of drug-likeness (QED) is 0.781. The Balaban J connectivity index is 1.82. The summed E-state index contributed by atoms with van der Waals surface area (Å²) < 4.78 is 3.99. The van der Waals surface area contributed by atoms with E-state index in [0.29, 0.717) is 0 Å². The molecule has 1 heterocycles. The van der Waals surface area contributed by atoms with Crippen LogP contribution >= 0.6 is 27.5 Å². The van der Waals surface area contributed by atoms with Crippen molar-refractivity contribution in [2.24, 2.45) is 5.92 Å². The maximum Gasteiger partial charge on any atom is 0.204 e. The van der Waals surface area contributed by atoms with Crippen molar-refractivity contribution >= 4 is 32.6 Å². The Bertz CT molecular complexity index is 258. The van der Waals surface area contributed by atoms with Gasteiger partial charge in [-0.05, 0) is 18.8 Å². The van der Waals surface area contributed by atoms with Crippen LogP contribution in [0.4, 0.5) is 5.13 Å². The van der Waals surface area contributed by atoms with Gasteiger partial charge in [-0.3, -0.25) is 0 Å². The third kappa shape index (κ3) is 2.20. The van der Waals surface area contributed by atoms with Crippen LogP contribution in [0, 0.1) is 5.92 Å². The fraction of sp³-hybridized carbons (Fsp3) is 0.750. The maximum atomic E-state index is 4.17. The molecule has 0 saturated heterocycles. The number of nitrogens with zero attached hydrogens (tertiary/aromatic N) is 3. The third-order valence-corrected chi connectivity index (χ3v) is 3.91. The van der Waals surface area contributed by atoms with Gasteiger partial charge >= 0.3 is 0 Å². The summed E-state index contributed by atoms with van der Waals surface area (Å²) in [5.41, 5.74) is 0. The zero-order valence-electron chi connectivity index (χ0n) is 7.48. The molecule has 0 spiro atoms. The molecule has 1 aromatic rings. The normalized spacial score (nSPS) is 26.9. The van der Waals surface area contributed by atoms with E-state index >= 15 is 0 Å². The van der Waals surface area contributed by atoms with Gasteiger partial charge < -0.3 is 4.90 Å². The molecular weight excluding hydrogens is 250 g/mol. The Morgan fingerprint density at radius 3 is 3.00 bits per heavy atom. The summed E-state index contributed by atoms with van der Waals surface area (Å²) in [5.74, 6) is 0.832. The van der Waals surface area contributed by atoms with Gasteiger partial charge in [0.05, 0.1) is 0 Å². The molecule has 0 unspecified atom stereocenters. The molecule has 0 aliphatic heterocycles. The Hall–Kier alpha value is -0.160. The van der Waals surface area contributed by atoms with Crippen molar-refractivity contribution in [1.82, 2.24) is 9.36 Å². The minimum atomic E-state index is 0.750. The molecule has 1 fully saturated rings. The van der Waals surface area contributed by atoms with E-state index in [4.69, 9.17) is 0 Å². The van der Waals surface area contributed by atoms with Crippen molar-refractivity contribution in [2.75, 3.05) is 18.5 Å². The largest absolute Gasteiger partial charge is 0.350 e. The number of hydrogen-bond acceptors (Lipinski definition) is 4. The van der Waals surface area contributed by atoms with Crippen LogP contribution in [0.1, 0.15) is 12.8 Å². The fourth-order valence-corrected chi connectivity index (χ4v) is 3.16. The first kappa shape index (κ1) is 9.40. The fourth-order valence-electron chi connectivity index (χ4n) is 1.60. The summed E-state index contributed by atoms with van der Waals surface area (Å²) in [6.45, 7) is 1.11. The molecule has 1 saturated carbocycles. The molecule has 0 bridgehead atoms. The Morgan fingerprint density at radius 2 is 2.46 bits per heavy atom. The van der Waals surface area contributed by atoms with Crippen molar-refractivity contribution in [3.05, 3.63) is 6.33 Å². The first-order chi connectivity index (χ1) is 6.25. The van der Waals surface area contributed by atoms with Gasteiger partial charge in [0, 0.05) is 30.0 Å². The van der Waals surface area contributed by atoms with Crippen molar-refractivity contribution in [2.45, 2.75) is 17.7 Å². The van der Waals surface area contributed by atoms with E-state index in [1.165, 1.54) is 24.4 Å². The monoisotopic (exact) mass is 261 g/mol. The first-order valence-electron chi connectivity index (χ1n) is 4.37. The summed E-state index contributed by atoms with van der Waals surface area (Å²) in [4.78, 5) is 7.11. The summed E-state index contributed by atoms with van der Waals surface area (Å²) in [7, 11) is 2.09. The Labute approximate surface area is 90.5 Å². The molecule has 0 radical (unpaired) electrons. The molecule has 0 aromatic carbocycles. The minimum Gasteiger partial charge on any atom is -0.350 e. The lowest BCUT2D eigenvalue weighted by Crippen LogP contribution is -2.34. The van der Waals surface area contributed by atoms with E-state index in [2.05, 4.69) is 37.2 Å². The highest BCUT2D eigenvalue weighted by Crippen LogP contribution is 2.34. The molecule has 0 amide bonds. The smallest absolute Gasteiger partial charge is 0.204 e. The zero-order valence-corrected chi connectivity index (χ0v) is 9.88. The SMILES string of the molecule is CN(CC1CC(Br)C1)c1ncns1. The van der Waals surface area contributed by atoms with Gasteiger partial charge in [-0.25, -0.2) is 4.98 Å². The molecule has 5 heteroatoms. The van der Waals surface area contributed by atoms with Crippen LogP contribution in [-0.2, 0) is 0 Å². The van der Waals surface area contributed by atoms with Crippen LogP contribution in [-0.4, -0.2) is 27.8 Å². The summed E-state index contributed by atoms with van der Waals surface area (Å²) in [6.07, 6.45) is 4.21. The van der Waals surface area contributed by atoms with Gasteiger partial charge in [-0.2, -0.15) is 4.37 Å². The second-order valence-electron chi connectivity index (χ2n) is 3.54. The molecule has 72 valence electrons. The second kappa shape index (κ2) is 3.92. The van der Waals surface area contributed by atoms with E-state index in [-0.39, 0.29) is 0 Å². The predicted molar refractivity (Wildman–Crippen MR) is 58.6 cm³/mol. The Kier molecular flexibility index (Phi) is 2.83. The van der Waals surface area contributed by atoms with Crippen molar-refractivity contribution in [1.29, 1.82) is 0 Å². The van der Waals surface area contributed by atoms with Crippen LogP contribution in [0.15, 0.2) is 6.33 Å². The van der Waals surface area contributed by atoms with Gasteiger partial charge in [0.15, 0.2) is 0 Å². The average Bonchev–Trinajstić information content (AvgIpc) is 2.53. The van der Waals surface area contributed by atoms with E-state index in [0.717, 1.165) is 22.4 Å². The van der Waals surface area contributed by atoms with Gasteiger partial charge in [0.2, 0.25) is 5.13 Å². The lowest BCUT2D eigenvalue weighted by atomic mass is 9.85. The van der Waals surface area contributed by atoms with E-state index < -0.39 is 0 Å². The maximum absolute atomic E-state index is 4.17. The average molecular weight is 262 g/mol. The van der Waals surface area contributed by atoms with E-state index in [1.54, 1.807) is 6.33 Å². The second-order valence-corrected chi connectivity index (χ2v) is 5.59. The van der Waals surface area contributed by atoms with Crippen LogP contribution in [0.5, 0.6) is 0 Å². The van der Waals surface area contributed by atoms with Gasteiger partial charge in [-0.15, -0.1) is 0 Å². The number of anilines is 1. The number of halogens is 1. The molecule has 1 aliphatic rings. The van der Waals surface area contributed by atoms with Crippen molar-refractivity contribution < 1.29 is 0 Å². The van der Waals surface area contributed by atoms with Crippen LogP contribution in [0.2, 0.25) is 0 Å². The highest BCUT2D eigenvalue weighted by molar-refractivity contribution is 9.09. The predicted octanol–water partition coefficient (Wildman–Crippen LogP) is 2.15.